The average Bonchev–Trinajstić information content (AvgIpc) is 2.48. The highest BCUT2D eigenvalue weighted by atomic mass is 16.6. The lowest BCUT2D eigenvalue weighted by Crippen LogP contribution is -2.49. The molecule has 2 atom stereocenters. The second kappa shape index (κ2) is 9.64. The molecular formula is C19H32N2O3. The Hall–Kier alpha value is -1.59. The van der Waals surface area contributed by atoms with E-state index in [4.69, 9.17) is 4.74 Å². The molecule has 5 nitrogen and oxygen atoms in total. The first-order valence-electron chi connectivity index (χ1n) is 8.59. The van der Waals surface area contributed by atoms with Crippen LogP contribution in [0.15, 0.2) is 30.3 Å². The van der Waals surface area contributed by atoms with E-state index in [0.717, 1.165) is 12.1 Å². The maximum Gasteiger partial charge on any atom is 0.407 e. The summed E-state index contributed by atoms with van der Waals surface area (Å²) in [5.74, 6) is 0.481. The normalized spacial score (nSPS) is 14.3. The summed E-state index contributed by atoms with van der Waals surface area (Å²) in [6.45, 7) is 10.6. The molecule has 24 heavy (non-hydrogen) atoms. The van der Waals surface area contributed by atoms with E-state index >= 15 is 0 Å². The smallest absolute Gasteiger partial charge is 0.407 e. The van der Waals surface area contributed by atoms with Crippen molar-refractivity contribution in [1.29, 1.82) is 0 Å². The highest BCUT2D eigenvalue weighted by Crippen LogP contribution is 2.09. The van der Waals surface area contributed by atoms with Crippen LogP contribution in [0.3, 0.4) is 0 Å². The Balaban J connectivity index is 2.59. The van der Waals surface area contributed by atoms with Gasteiger partial charge in [0.05, 0.1) is 6.10 Å². The molecule has 0 spiro atoms. The molecule has 1 rings (SSSR count). The Morgan fingerprint density at radius 2 is 1.79 bits per heavy atom. The van der Waals surface area contributed by atoms with Gasteiger partial charge in [-0.05, 0) is 45.2 Å². The third kappa shape index (κ3) is 8.89. The number of aliphatic hydroxyl groups is 1. The minimum atomic E-state index is -0.698. The first kappa shape index (κ1) is 20.5. The Morgan fingerprint density at radius 3 is 2.33 bits per heavy atom. The van der Waals surface area contributed by atoms with Crippen LogP contribution in [0.5, 0.6) is 0 Å². The summed E-state index contributed by atoms with van der Waals surface area (Å²) in [7, 11) is 0. The van der Waals surface area contributed by atoms with Gasteiger partial charge in [0.1, 0.15) is 5.60 Å². The molecule has 0 saturated heterocycles. The fraction of sp³-hybridized carbons (Fsp3) is 0.632. The number of carbonyl (C=O) groups excluding carboxylic acids is 1. The third-order valence-corrected chi connectivity index (χ3v) is 3.41. The Labute approximate surface area is 145 Å². The summed E-state index contributed by atoms with van der Waals surface area (Å²) in [4.78, 5) is 11.7. The number of nitrogens with one attached hydrogen (secondary N) is 2. The van der Waals surface area contributed by atoms with Crippen molar-refractivity contribution >= 4 is 6.09 Å². The topological polar surface area (TPSA) is 70.6 Å². The fourth-order valence-corrected chi connectivity index (χ4v) is 2.24. The first-order valence-corrected chi connectivity index (χ1v) is 8.59. The zero-order valence-corrected chi connectivity index (χ0v) is 15.5. The Kier molecular flexibility index (Phi) is 8.22. The average molecular weight is 336 g/mol. The van der Waals surface area contributed by atoms with Crippen molar-refractivity contribution in [2.24, 2.45) is 5.92 Å². The lowest BCUT2D eigenvalue weighted by molar-refractivity contribution is 0.0470. The van der Waals surface area contributed by atoms with E-state index in [1.807, 2.05) is 51.1 Å². The largest absolute Gasteiger partial charge is 0.444 e. The summed E-state index contributed by atoms with van der Waals surface area (Å²) in [5.41, 5.74) is 0.601. The van der Waals surface area contributed by atoms with Crippen LogP contribution in [0.25, 0.3) is 0 Å². The SMILES string of the molecule is CC(C)CNC(Cc1ccccc1)C(O)CNC(=O)OC(C)(C)C. The summed E-state index contributed by atoms with van der Waals surface area (Å²) >= 11 is 0. The van der Waals surface area contributed by atoms with Gasteiger partial charge in [-0.15, -0.1) is 0 Å². The molecular weight excluding hydrogens is 304 g/mol. The molecule has 0 bridgehead atoms. The Bertz CT molecular complexity index is 483. The molecule has 0 heterocycles. The quantitative estimate of drug-likeness (QED) is 0.683. The van der Waals surface area contributed by atoms with E-state index in [1.165, 1.54) is 0 Å². The van der Waals surface area contributed by atoms with Crippen molar-refractivity contribution in [3.05, 3.63) is 35.9 Å². The van der Waals surface area contributed by atoms with Crippen LogP contribution in [0.1, 0.15) is 40.2 Å². The lowest BCUT2D eigenvalue weighted by atomic mass is 10.0. The third-order valence-electron chi connectivity index (χ3n) is 3.41. The molecule has 1 aromatic carbocycles. The number of hydrogen-bond donors (Lipinski definition) is 3. The molecule has 0 aliphatic heterocycles. The molecule has 5 heteroatoms. The minimum absolute atomic E-state index is 0.135. The summed E-state index contributed by atoms with van der Waals surface area (Å²) in [5, 5.41) is 16.5. The van der Waals surface area contributed by atoms with Gasteiger partial charge >= 0.3 is 6.09 Å². The molecule has 2 unspecified atom stereocenters. The van der Waals surface area contributed by atoms with Crippen LogP contribution in [0.4, 0.5) is 4.79 Å². The number of alkyl carbamates (subject to hydrolysis) is 1. The number of hydrogen-bond acceptors (Lipinski definition) is 4. The zero-order chi connectivity index (χ0) is 18.2. The number of carbonyl (C=O) groups is 1. The molecule has 3 N–H and O–H groups in total. The maximum absolute atomic E-state index is 11.7. The predicted octanol–water partition coefficient (Wildman–Crippen LogP) is 2.73. The Morgan fingerprint density at radius 1 is 1.17 bits per heavy atom. The van der Waals surface area contributed by atoms with Crippen LogP contribution in [-0.4, -0.2) is 42.0 Å². The standard InChI is InChI=1S/C19H32N2O3/c1-14(2)12-20-16(11-15-9-7-6-8-10-15)17(22)13-21-18(23)24-19(3,4)5/h6-10,14,16-17,20,22H,11-13H2,1-5H3,(H,21,23). The van der Waals surface area contributed by atoms with Gasteiger partial charge in [0.2, 0.25) is 0 Å². The molecule has 136 valence electrons. The van der Waals surface area contributed by atoms with Crippen LogP contribution >= 0.6 is 0 Å². The molecule has 0 aliphatic carbocycles. The van der Waals surface area contributed by atoms with Gasteiger partial charge in [-0.1, -0.05) is 44.2 Å². The van der Waals surface area contributed by atoms with E-state index in [2.05, 4.69) is 24.5 Å². The number of ether oxygens (including phenoxy) is 1. The lowest BCUT2D eigenvalue weighted by Gasteiger charge is -2.26. The van der Waals surface area contributed by atoms with Crippen molar-refractivity contribution < 1.29 is 14.6 Å². The van der Waals surface area contributed by atoms with E-state index in [1.54, 1.807) is 0 Å². The van der Waals surface area contributed by atoms with E-state index in [0.29, 0.717) is 12.3 Å². The second-order valence-corrected chi connectivity index (χ2v) is 7.55. The summed E-state index contributed by atoms with van der Waals surface area (Å²) in [6.07, 6.45) is -0.509. The van der Waals surface area contributed by atoms with Crippen molar-refractivity contribution in [2.75, 3.05) is 13.1 Å². The molecule has 0 fully saturated rings. The molecule has 0 radical (unpaired) electrons. The van der Waals surface area contributed by atoms with Gasteiger partial charge in [-0.3, -0.25) is 0 Å². The van der Waals surface area contributed by atoms with Gasteiger partial charge in [-0.2, -0.15) is 0 Å². The van der Waals surface area contributed by atoms with E-state index in [-0.39, 0.29) is 12.6 Å². The summed E-state index contributed by atoms with van der Waals surface area (Å²) < 4.78 is 5.20. The van der Waals surface area contributed by atoms with Crippen molar-refractivity contribution in [3.8, 4) is 0 Å². The molecule has 0 aliphatic rings. The van der Waals surface area contributed by atoms with Crippen LogP contribution in [-0.2, 0) is 11.2 Å². The number of rotatable bonds is 8. The van der Waals surface area contributed by atoms with Crippen LogP contribution < -0.4 is 10.6 Å². The number of aliphatic hydroxyl groups excluding tert-OH is 1. The van der Waals surface area contributed by atoms with Crippen molar-refractivity contribution in [1.82, 2.24) is 10.6 Å². The zero-order valence-electron chi connectivity index (χ0n) is 15.5. The van der Waals surface area contributed by atoms with Gasteiger partial charge in [0, 0.05) is 12.6 Å². The summed E-state index contributed by atoms with van der Waals surface area (Å²) in [6, 6.07) is 9.89. The maximum atomic E-state index is 11.7. The van der Waals surface area contributed by atoms with Crippen LogP contribution in [0, 0.1) is 5.92 Å². The monoisotopic (exact) mass is 336 g/mol. The molecule has 0 saturated carbocycles. The minimum Gasteiger partial charge on any atom is -0.444 e. The van der Waals surface area contributed by atoms with Gasteiger partial charge in [0.15, 0.2) is 0 Å². The van der Waals surface area contributed by atoms with Gasteiger partial charge in [0.25, 0.3) is 0 Å². The highest BCUT2D eigenvalue weighted by Gasteiger charge is 2.22. The molecule has 0 aromatic heterocycles. The number of amides is 1. The van der Waals surface area contributed by atoms with E-state index < -0.39 is 17.8 Å². The molecule has 1 amide bonds. The number of benzene rings is 1. The van der Waals surface area contributed by atoms with Crippen LogP contribution in [0.2, 0.25) is 0 Å². The van der Waals surface area contributed by atoms with Gasteiger partial charge < -0.3 is 20.5 Å². The predicted molar refractivity (Wildman–Crippen MR) is 97.0 cm³/mol. The van der Waals surface area contributed by atoms with E-state index in [9.17, 15) is 9.90 Å². The highest BCUT2D eigenvalue weighted by molar-refractivity contribution is 5.67. The molecule has 1 aromatic rings. The van der Waals surface area contributed by atoms with Crippen molar-refractivity contribution in [3.63, 3.8) is 0 Å². The van der Waals surface area contributed by atoms with Gasteiger partial charge in [-0.25, -0.2) is 4.79 Å². The fourth-order valence-electron chi connectivity index (χ4n) is 2.24. The second-order valence-electron chi connectivity index (χ2n) is 7.55. The first-order chi connectivity index (χ1) is 11.2. The van der Waals surface area contributed by atoms with Crippen molar-refractivity contribution in [2.45, 2.75) is 58.8 Å².